The van der Waals surface area contributed by atoms with Crippen LogP contribution in [0.1, 0.15) is 26.1 Å². The first-order valence-corrected chi connectivity index (χ1v) is 6.17. The Morgan fingerprint density at radius 1 is 1.39 bits per heavy atom. The van der Waals surface area contributed by atoms with E-state index in [1.54, 1.807) is 11.3 Å². The number of carbonyl (C=O) groups is 1. The molecule has 6 nitrogen and oxygen atoms in total. The number of anilines is 1. The molecule has 94 valence electrons. The molecule has 0 unspecified atom stereocenters. The number of carbonyl (C=O) groups excluding carboxylic acids is 1. The van der Waals surface area contributed by atoms with Crippen LogP contribution in [0.4, 0.5) is 5.82 Å². The smallest absolute Gasteiger partial charge is 0.274 e. The normalized spacial score (nSPS) is 10.3. The number of hydrogen-bond acceptors (Lipinski definition) is 6. The fourth-order valence-corrected chi connectivity index (χ4v) is 2.38. The summed E-state index contributed by atoms with van der Waals surface area (Å²) in [5.74, 6) is -0.196. The Morgan fingerprint density at radius 2 is 2.11 bits per heavy atom. The third-order valence-corrected chi connectivity index (χ3v) is 3.42. The van der Waals surface area contributed by atoms with E-state index in [0.29, 0.717) is 6.54 Å². The number of nitrogens with zero attached hydrogens (tertiary/aromatic N) is 3. The number of thiazole rings is 1. The van der Waals surface area contributed by atoms with E-state index in [2.05, 4.69) is 20.3 Å². The van der Waals surface area contributed by atoms with E-state index in [0.717, 1.165) is 15.6 Å². The van der Waals surface area contributed by atoms with Gasteiger partial charge in [0, 0.05) is 17.3 Å². The van der Waals surface area contributed by atoms with Gasteiger partial charge in [0.15, 0.2) is 11.5 Å². The Labute approximate surface area is 108 Å². The van der Waals surface area contributed by atoms with E-state index in [1.165, 1.54) is 12.4 Å². The number of aryl methyl sites for hydroxylation is 2. The molecule has 0 bridgehead atoms. The van der Waals surface area contributed by atoms with Gasteiger partial charge in [0.2, 0.25) is 0 Å². The van der Waals surface area contributed by atoms with E-state index >= 15 is 0 Å². The third kappa shape index (κ3) is 2.62. The Bertz CT molecular complexity index is 581. The zero-order chi connectivity index (χ0) is 13.1. The van der Waals surface area contributed by atoms with E-state index in [9.17, 15) is 4.79 Å². The number of hydrogen-bond donors (Lipinski definition) is 2. The maximum Gasteiger partial charge on any atom is 0.274 e. The summed E-state index contributed by atoms with van der Waals surface area (Å²) in [6, 6.07) is 0. The summed E-state index contributed by atoms with van der Waals surface area (Å²) < 4.78 is 0. The van der Waals surface area contributed by atoms with Crippen molar-refractivity contribution in [3.63, 3.8) is 0 Å². The second-order valence-electron chi connectivity index (χ2n) is 3.71. The monoisotopic (exact) mass is 263 g/mol. The van der Waals surface area contributed by atoms with Crippen molar-refractivity contribution in [3.8, 4) is 0 Å². The van der Waals surface area contributed by atoms with Gasteiger partial charge in [-0.2, -0.15) is 0 Å². The predicted molar refractivity (Wildman–Crippen MR) is 69.2 cm³/mol. The maximum atomic E-state index is 11.8. The van der Waals surface area contributed by atoms with Crippen molar-refractivity contribution in [1.29, 1.82) is 0 Å². The fourth-order valence-electron chi connectivity index (χ4n) is 1.51. The molecule has 2 heterocycles. The van der Waals surface area contributed by atoms with Gasteiger partial charge in [-0.25, -0.2) is 15.0 Å². The summed E-state index contributed by atoms with van der Waals surface area (Å²) in [5, 5.41) is 3.74. The van der Waals surface area contributed by atoms with Crippen LogP contribution >= 0.6 is 11.3 Å². The minimum absolute atomic E-state index is 0.132. The molecule has 0 radical (unpaired) electrons. The molecule has 2 aromatic rings. The van der Waals surface area contributed by atoms with Gasteiger partial charge in [0.25, 0.3) is 5.91 Å². The van der Waals surface area contributed by atoms with Crippen molar-refractivity contribution >= 4 is 23.1 Å². The average molecular weight is 263 g/mol. The van der Waals surface area contributed by atoms with E-state index in [-0.39, 0.29) is 17.4 Å². The fraction of sp³-hybridized carbons (Fsp3) is 0.273. The van der Waals surface area contributed by atoms with Crippen LogP contribution in [0.5, 0.6) is 0 Å². The first kappa shape index (κ1) is 12.4. The molecule has 18 heavy (non-hydrogen) atoms. The molecule has 2 rings (SSSR count). The van der Waals surface area contributed by atoms with Crippen LogP contribution in [-0.2, 0) is 6.54 Å². The molecule has 0 saturated heterocycles. The lowest BCUT2D eigenvalue weighted by Crippen LogP contribution is -2.25. The SMILES string of the molecule is Cc1nc(C)c(CNC(=O)c2nccnc2N)s1. The van der Waals surface area contributed by atoms with Crippen LogP contribution in [0.15, 0.2) is 12.4 Å². The molecule has 0 atom stereocenters. The second kappa shape index (κ2) is 5.09. The maximum absolute atomic E-state index is 11.8. The molecule has 0 spiro atoms. The summed E-state index contributed by atoms with van der Waals surface area (Å²) in [7, 11) is 0. The summed E-state index contributed by atoms with van der Waals surface area (Å²) in [6.45, 7) is 4.28. The summed E-state index contributed by atoms with van der Waals surface area (Å²) in [6.07, 6.45) is 2.89. The Balaban J connectivity index is 2.05. The molecule has 1 amide bonds. The van der Waals surface area contributed by atoms with Crippen LogP contribution in [0.2, 0.25) is 0 Å². The van der Waals surface area contributed by atoms with Gasteiger partial charge in [-0.15, -0.1) is 11.3 Å². The van der Waals surface area contributed by atoms with Crippen LogP contribution in [0.25, 0.3) is 0 Å². The van der Waals surface area contributed by atoms with Crippen LogP contribution < -0.4 is 11.1 Å². The number of nitrogens with one attached hydrogen (secondary N) is 1. The van der Waals surface area contributed by atoms with Gasteiger partial charge in [-0.1, -0.05) is 0 Å². The summed E-state index contributed by atoms with van der Waals surface area (Å²) >= 11 is 1.56. The Hall–Kier alpha value is -2.02. The molecule has 0 aliphatic rings. The van der Waals surface area contributed by atoms with E-state index in [1.807, 2.05) is 13.8 Å². The van der Waals surface area contributed by atoms with Crippen LogP contribution in [-0.4, -0.2) is 20.9 Å². The largest absolute Gasteiger partial charge is 0.382 e. The third-order valence-electron chi connectivity index (χ3n) is 2.35. The van der Waals surface area contributed by atoms with Gasteiger partial charge in [-0.3, -0.25) is 4.79 Å². The number of amides is 1. The van der Waals surface area contributed by atoms with Crippen molar-refractivity contribution in [2.45, 2.75) is 20.4 Å². The first-order valence-electron chi connectivity index (χ1n) is 5.35. The predicted octanol–water partition coefficient (Wildman–Crippen LogP) is 1.06. The highest BCUT2D eigenvalue weighted by atomic mass is 32.1. The molecule has 0 aromatic carbocycles. The van der Waals surface area contributed by atoms with Gasteiger partial charge < -0.3 is 11.1 Å². The van der Waals surface area contributed by atoms with Crippen molar-refractivity contribution in [1.82, 2.24) is 20.3 Å². The minimum atomic E-state index is -0.328. The second-order valence-corrected chi connectivity index (χ2v) is 5.00. The molecule has 0 aliphatic heterocycles. The standard InChI is InChI=1S/C11H13N5OS/c1-6-8(18-7(2)16-6)5-15-11(17)9-10(12)14-4-3-13-9/h3-4H,5H2,1-2H3,(H2,12,14)(H,15,17). The van der Waals surface area contributed by atoms with E-state index < -0.39 is 0 Å². The lowest BCUT2D eigenvalue weighted by atomic mass is 10.3. The quantitative estimate of drug-likeness (QED) is 0.863. The molecule has 0 saturated carbocycles. The molecule has 3 N–H and O–H groups in total. The Morgan fingerprint density at radius 3 is 2.72 bits per heavy atom. The van der Waals surface area contributed by atoms with E-state index in [4.69, 9.17) is 5.73 Å². The zero-order valence-corrected chi connectivity index (χ0v) is 10.9. The van der Waals surface area contributed by atoms with Crippen molar-refractivity contribution < 1.29 is 4.79 Å². The summed E-state index contributed by atoms with van der Waals surface area (Å²) in [5.41, 5.74) is 6.66. The van der Waals surface area contributed by atoms with Crippen molar-refractivity contribution in [2.75, 3.05) is 5.73 Å². The lowest BCUT2D eigenvalue weighted by Gasteiger charge is -2.04. The van der Waals surface area contributed by atoms with Crippen molar-refractivity contribution in [3.05, 3.63) is 33.7 Å². The highest BCUT2D eigenvalue weighted by Gasteiger charge is 2.13. The van der Waals surface area contributed by atoms with Gasteiger partial charge in [0.1, 0.15) is 0 Å². The molecule has 0 aliphatic carbocycles. The first-order chi connectivity index (χ1) is 8.58. The average Bonchev–Trinajstić information content (AvgIpc) is 2.65. The highest BCUT2D eigenvalue weighted by molar-refractivity contribution is 7.11. The number of aromatic nitrogens is 3. The van der Waals surface area contributed by atoms with Crippen LogP contribution in [0, 0.1) is 13.8 Å². The summed E-state index contributed by atoms with van der Waals surface area (Å²) in [4.78, 5) is 24.9. The number of rotatable bonds is 3. The molecule has 0 fully saturated rings. The topological polar surface area (TPSA) is 93.8 Å². The van der Waals surface area contributed by atoms with Crippen LogP contribution in [0.3, 0.4) is 0 Å². The molecular formula is C11H13N5OS. The van der Waals surface area contributed by atoms with Gasteiger partial charge >= 0.3 is 0 Å². The minimum Gasteiger partial charge on any atom is -0.382 e. The molecule has 2 aromatic heterocycles. The lowest BCUT2D eigenvalue weighted by molar-refractivity contribution is 0.0947. The Kier molecular flexibility index (Phi) is 3.52. The van der Waals surface area contributed by atoms with Gasteiger partial charge in [0.05, 0.1) is 17.2 Å². The zero-order valence-electron chi connectivity index (χ0n) is 10.1. The molecular weight excluding hydrogens is 250 g/mol. The molecule has 7 heteroatoms. The van der Waals surface area contributed by atoms with Crippen molar-refractivity contribution in [2.24, 2.45) is 0 Å². The number of nitrogens with two attached hydrogens (primary N) is 1. The van der Waals surface area contributed by atoms with Gasteiger partial charge in [-0.05, 0) is 13.8 Å². The number of nitrogen functional groups attached to an aromatic ring is 1. The highest BCUT2D eigenvalue weighted by Crippen LogP contribution is 2.16.